The molecule has 3 rings (SSSR count). The third-order valence-electron chi connectivity index (χ3n) is 4.24. The molecular formula is C19H19N3O2S. The van der Waals surface area contributed by atoms with Gasteiger partial charge in [0.25, 0.3) is 5.56 Å². The first-order chi connectivity index (χ1) is 11.9. The van der Waals surface area contributed by atoms with Gasteiger partial charge in [-0.1, -0.05) is 36.0 Å². The second-order valence-electron chi connectivity index (χ2n) is 5.93. The molecule has 0 saturated heterocycles. The number of aryl methyl sites for hydroxylation is 1. The van der Waals surface area contributed by atoms with Gasteiger partial charge in [0.1, 0.15) is 0 Å². The minimum Gasteiger partial charge on any atom is -0.369 e. The number of hydrogen-bond acceptors (Lipinski definition) is 4. The van der Waals surface area contributed by atoms with Crippen LogP contribution >= 0.6 is 11.8 Å². The summed E-state index contributed by atoms with van der Waals surface area (Å²) in [6.45, 7) is 5.68. The van der Waals surface area contributed by atoms with Crippen molar-refractivity contribution in [2.24, 2.45) is 5.73 Å². The van der Waals surface area contributed by atoms with Crippen LogP contribution in [0.1, 0.15) is 18.1 Å². The maximum Gasteiger partial charge on any atom is 0.266 e. The lowest BCUT2D eigenvalue weighted by Crippen LogP contribution is -2.26. The van der Waals surface area contributed by atoms with Crippen molar-refractivity contribution in [3.05, 3.63) is 63.9 Å². The van der Waals surface area contributed by atoms with Crippen LogP contribution in [-0.2, 0) is 4.79 Å². The van der Waals surface area contributed by atoms with Gasteiger partial charge in [0.2, 0.25) is 5.91 Å². The first-order valence-electron chi connectivity index (χ1n) is 7.94. The van der Waals surface area contributed by atoms with Crippen LogP contribution in [0.25, 0.3) is 16.6 Å². The number of hydrogen-bond donors (Lipinski definition) is 1. The molecule has 0 spiro atoms. The number of amides is 1. The molecule has 0 fully saturated rings. The van der Waals surface area contributed by atoms with Crippen molar-refractivity contribution in [2.45, 2.75) is 31.2 Å². The Kier molecular flexibility index (Phi) is 4.63. The van der Waals surface area contributed by atoms with E-state index in [1.165, 1.54) is 11.8 Å². The summed E-state index contributed by atoms with van der Waals surface area (Å²) < 4.78 is 1.58. The maximum atomic E-state index is 13.2. The quantitative estimate of drug-likeness (QED) is 0.578. The summed E-state index contributed by atoms with van der Waals surface area (Å²) in [6, 6.07) is 13.0. The van der Waals surface area contributed by atoms with Crippen molar-refractivity contribution in [1.29, 1.82) is 0 Å². The average Bonchev–Trinajstić information content (AvgIpc) is 2.58. The molecule has 1 aromatic heterocycles. The number of nitrogens with zero attached hydrogens (tertiary/aromatic N) is 2. The van der Waals surface area contributed by atoms with Gasteiger partial charge < -0.3 is 5.73 Å². The van der Waals surface area contributed by atoms with Crippen LogP contribution in [0.15, 0.2) is 52.4 Å². The zero-order valence-electron chi connectivity index (χ0n) is 14.3. The van der Waals surface area contributed by atoms with Gasteiger partial charge in [0, 0.05) is 0 Å². The lowest BCUT2D eigenvalue weighted by molar-refractivity contribution is -0.117. The van der Waals surface area contributed by atoms with Gasteiger partial charge in [-0.05, 0) is 50.1 Å². The normalized spacial score (nSPS) is 12.3. The summed E-state index contributed by atoms with van der Waals surface area (Å²) in [5.41, 5.74) is 8.69. The summed E-state index contributed by atoms with van der Waals surface area (Å²) >= 11 is 1.19. The molecule has 2 N–H and O–H groups in total. The monoisotopic (exact) mass is 353 g/mol. The SMILES string of the molecule is Cc1cccc(-n2c(S[C@H](C)C(N)=O)nc3ccccc3c2=O)c1C. The number of aromatic nitrogens is 2. The molecule has 0 aliphatic carbocycles. The number of fused-ring (bicyclic) bond motifs is 1. The van der Waals surface area contributed by atoms with Crippen LogP contribution in [0.2, 0.25) is 0 Å². The Balaban J connectivity index is 2.34. The maximum absolute atomic E-state index is 13.2. The second-order valence-corrected chi connectivity index (χ2v) is 7.24. The summed E-state index contributed by atoms with van der Waals surface area (Å²) in [5.74, 6) is -0.445. The Morgan fingerprint density at radius 2 is 1.88 bits per heavy atom. The molecule has 25 heavy (non-hydrogen) atoms. The van der Waals surface area contributed by atoms with E-state index in [-0.39, 0.29) is 5.56 Å². The van der Waals surface area contributed by atoms with Crippen LogP contribution in [-0.4, -0.2) is 20.7 Å². The summed E-state index contributed by atoms with van der Waals surface area (Å²) in [7, 11) is 0. The predicted molar refractivity (Wildman–Crippen MR) is 101 cm³/mol. The molecule has 5 nitrogen and oxygen atoms in total. The summed E-state index contributed by atoms with van der Waals surface area (Å²) in [5, 5.41) is 0.507. The second kappa shape index (κ2) is 6.72. The topological polar surface area (TPSA) is 78.0 Å². The van der Waals surface area contributed by atoms with Gasteiger partial charge in [-0.15, -0.1) is 0 Å². The minimum atomic E-state index is -0.496. The highest BCUT2D eigenvalue weighted by atomic mass is 32.2. The number of para-hydroxylation sites is 1. The molecule has 1 amide bonds. The van der Waals surface area contributed by atoms with E-state index in [1.54, 1.807) is 23.6 Å². The molecule has 3 aromatic rings. The van der Waals surface area contributed by atoms with E-state index in [4.69, 9.17) is 5.73 Å². The molecule has 1 heterocycles. The molecular weight excluding hydrogens is 334 g/mol. The molecule has 0 saturated carbocycles. The Bertz CT molecular complexity index is 1030. The van der Waals surface area contributed by atoms with Crippen LogP contribution < -0.4 is 11.3 Å². The fraction of sp³-hybridized carbons (Fsp3) is 0.211. The highest BCUT2D eigenvalue weighted by molar-refractivity contribution is 8.00. The molecule has 0 aliphatic rings. The fourth-order valence-corrected chi connectivity index (χ4v) is 3.47. The van der Waals surface area contributed by atoms with Crippen LogP contribution in [0, 0.1) is 13.8 Å². The standard InChI is InChI=1S/C19H19N3O2S/c1-11-7-6-10-16(12(11)2)22-18(24)14-8-4-5-9-15(14)21-19(22)25-13(3)17(20)23/h4-10,13H,1-3H3,(H2,20,23)/t13-/m1/s1. The molecule has 0 radical (unpaired) electrons. The predicted octanol–water partition coefficient (Wildman–Crippen LogP) is 2.97. The zero-order chi connectivity index (χ0) is 18.1. The van der Waals surface area contributed by atoms with E-state index in [2.05, 4.69) is 4.98 Å². The van der Waals surface area contributed by atoms with Crippen LogP contribution in [0.4, 0.5) is 0 Å². The van der Waals surface area contributed by atoms with Crippen LogP contribution in [0.5, 0.6) is 0 Å². The van der Waals surface area contributed by atoms with E-state index in [9.17, 15) is 9.59 Å². The molecule has 1 atom stereocenters. The number of nitrogens with two attached hydrogens (primary N) is 1. The van der Waals surface area contributed by atoms with Crippen molar-refractivity contribution >= 4 is 28.6 Å². The Morgan fingerprint density at radius 3 is 2.60 bits per heavy atom. The van der Waals surface area contributed by atoms with Gasteiger partial charge in [-0.2, -0.15) is 0 Å². The number of thioether (sulfide) groups is 1. The smallest absolute Gasteiger partial charge is 0.266 e. The number of carbonyl (C=O) groups is 1. The van der Waals surface area contributed by atoms with Crippen molar-refractivity contribution in [2.75, 3.05) is 0 Å². The Morgan fingerprint density at radius 1 is 1.16 bits per heavy atom. The molecule has 2 aromatic carbocycles. The van der Waals surface area contributed by atoms with Crippen molar-refractivity contribution in [3.8, 4) is 5.69 Å². The first kappa shape index (κ1) is 17.2. The van der Waals surface area contributed by atoms with Crippen LogP contribution in [0.3, 0.4) is 0 Å². The lowest BCUT2D eigenvalue weighted by Gasteiger charge is -2.17. The fourth-order valence-electron chi connectivity index (χ4n) is 2.60. The number of benzene rings is 2. The highest BCUT2D eigenvalue weighted by Crippen LogP contribution is 2.26. The molecule has 0 unspecified atom stereocenters. The minimum absolute atomic E-state index is 0.154. The summed E-state index contributed by atoms with van der Waals surface area (Å²) in [4.78, 5) is 29.3. The summed E-state index contributed by atoms with van der Waals surface area (Å²) in [6.07, 6.45) is 0. The van der Waals surface area contributed by atoms with Crippen molar-refractivity contribution in [1.82, 2.24) is 9.55 Å². The van der Waals surface area contributed by atoms with E-state index in [0.29, 0.717) is 16.1 Å². The highest BCUT2D eigenvalue weighted by Gasteiger charge is 2.19. The molecule has 0 bridgehead atoms. The molecule has 128 valence electrons. The molecule has 6 heteroatoms. The number of primary amides is 1. The third-order valence-corrected chi connectivity index (χ3v) is 5.32. The number of carbonyl (C=O) groups excluding carboxylic acids is 1. The zero-order valence-corrected chi connectivity index (χ0v) is 15.1. The van der Waals surface area contributed by atoms with E-state index in [0.717, 1.165) is 16.8 Å². The van der Waals surface area contributed by atoms with Gasteiger partial charge in [-0.25, -0.2) is 4.98 Å². The van der Waals surface area contributed by atoms with Gasteiger partial charge >= 0.3 is 0 Å². The first-order valence-corrected chi connectivity index (χ1v) is 8.82. The van der Waals surface area contributed by atoms with Crippen molar-refractivity contribution in [3.63, 3.8) is 0 Å². The van der Waals surface area contributed by atoms with Gasteiger partial charge in [-0.3, -0.25) is 14.2 Å². The Hall–Kier alpha value is -2.60. The number of rotatable bonds is 4. The average molecular weight is 353 g/mol. The lowest BCUT2D eigenvalue weighted by atomic mass is 10.1. The van der Waals surface area contributed by atoms with Crippen molar-refractivity contribution < 1.29 is 4.79 Å². The van der Waals surface area contributed by atoms with E-state index in [1.807, 2.05) is 44.2 Å². The Labute approximate surface area is 149 Å². The largest absolute Gasteiger partial charge is 0.369 e. The molecule has 0 aliphatic heterocycles. The third kappa shape index (κ3) is 3.17. The van der Waals surface area contributed by atoms with Gasteiger partial charge in [0.15, 0.2) is 5.16 Å². The van der Waals surface area contributed by atoms with Gasteiger partial charge in [0.05, 0.1) is 21.8 Å². The van der Waals surface area contributed by atoms with E-state index < -0.39 is 11.2 Å². The van der Waals surface area contributed by atoms with E-state index >= 15 is 0 Å².